The van der Waals surface area contributed by atoms with Crippen LogP contribution in [0.5, 0.6) is 5.75 Å². The fourth-order valence-electron chi connectivity index (χ4n) is 1.58. The molecule has 1 unspecified atom stereocenters. The molecule has 1 aromatic carbocycles. The number of hydrogen-bond donors (Lipinski definition) is 2. The fraction of sp³-hybridized carbons (Fsp3) is 0.571. The van der Waals surface area contributed by atoms with Crippen molar-refractivity contribution in [2.24, 2.45) is 5.73 Å². The van der Waals surface area contributed by atoms with E-state index in [1.165, 1.54) is 0 Å². The normalized spacial score (nSPS) is 13.4. The maximum atomic E-state index is 11.8. The average Bonchev–Trinajstić information content (AvgIpc) is 2.40. The summed E-state index contributed by atoms with van der Waals surface area (Å²) in [5.74, 6) is 0.643. The van der Waals surface area contributed by atoms with Crippen molar-refractivity contribution < 1.29 is 13.2 Å². The molecule has 6 heteroatoms. The Bertz CT molecular complexity index is 498. The molecular formula is C14H24N2O3S. The lowest BCUT2D eigenvalue weighted by molar-refractivity contribution is 0.185. The summed E-state index contributed by atoms with van der Waals surface area (Å²) in [6.45, 7) is 5.75. The lowest BCUT2D eigenvalue weighted by Gasteiger charge is -2.20. The van der Waals surface area contributed by atoms with Crippen molar-refractivity contribution >= 4 is 10.0 Å². The van der Waals surface area contributed by atoms with Crippen LogP contribution in [0.3, 0.4) is 0 Å². The van der Waals surface area contributed by atoms with Crippen molar-refractivity contribution in [2.75, 3.05) is 6.54 Å². The molecule has 5 nitrogen and oxygen atoms in total. The van der Waals surface area contributed by atoms with Crippen LogP contribution in [0, 0.1) is 0 Å². The van der Waals surface area contributed by atoms with Gasteiger partial charge in [0, 0.05) is 0 Å². The summed E-state index contributed by atoms with van der Waals surface area (Å²) < 4.78 is 31.9. The Kier molecular flexibility index (Phi) is 6.45. The molecule has 0 aliphatic rings. The molecule has 0 spiro atoms. The van der Waals surface area contributed by atoms with Crippen molar-refractivity contribution in [1.29, 1.82) is 0 Å². The summed E-state index contributed by atoms with van der Waals surface area (Å²) in [6.07, 6.45) is 0.816. The van der Waals surface area contributed by atoms with E-state index < -0.39 is 21.5 Å². The first-order valence-electron chi connectivity index (χ1n) is 6.85. The summed E-state index contributed by atoms with van der Waals surface area (Å²) in [6, 6.07) is 7.53. The summed E-state index contributed by atoms with van der Waals surface area (Å²) in [5, 5.41) is -0.480. The number of hydrogen-bond acceptors (Lipinski definition) is 4. The third kappa shape index (κ3) is 5.11. The highest BCUT2D eigenvalue weighted by Crippen LogP contribution is 2.15. The van der Waals surface area contributed by atoms with E-state index in [0.717, 1.165) is 12.0 Å². The van der Waals surface area contributed by atoms with E-state index in [2.05, 4.69) is 4.72 Å². The fourth-order valence-corrected chi connectivity index (χ4v) is 2.43. The van der Waals surface area contributed by atoms with Crippen molar-refractivity contribution in [2.45, 2.75) is 45.1 Å². The quantitative estimate of drug-likeness (QED) is 0.715. The standard InChI is InChI=1S/C14H24N2O3S/c1-4-14(16-20(17,18)11(2)3)19-13-7-5-12(6-8-13)9-10-15/h5-8,11,14,16H,4,9-10,15H2,1-3H3. The van der Waals surface area contributed by atoms with Crippen LogP contribution in [0.25, 0.3) is 0 Å². The molecule has 0 saturated carbocycles. The predicted molar refractivity (Wildman–Crippen MR) is 81.1 cm³/mol. The minimum absolute atomic E-state index is 0.480. The molecule has 0 radical (unpaired) electrons. The highest BCUT2D eigenvalue weighted by Gasteiger charge is 2.21. The third-order valence-corrected chi connectivity index (χ3v) is 4.75. The summed E-state index contributed by atoms with van der Waals surface area (Å²) in [5.41, 5.74) is 6.63. The van der Waals surface area contributed by atoms with Gasteiger partial charge in [-0.25, -0.2) is 8.42 Å². The molecule has 0 aromatic heterocycles. The summed E-state index contributed by atoms with van der Waals surface area (Å²) in [7, 11) is -3.34. The van der Waals surface area contributed by atoms with Crippen molar-refractivity contribution in [3.8, 4) is 5.75 Å². The van der Waals surface area contributed by atoms with Crippen molar-refractivity contribution in [3.63, 3.8) is 0 Å². The van der Waals surface area contributed by atoms with Crippen LogP contribution >= 0.6 is 0 Å². The molecule has 0 fully saturated rings. The van der Waals surface area contributed by atoms with E-state index in [-0.39, 0.29) is 0 Å². The number of nitrogens with two attached hydrogens (primary N) is 1. The second-order valence-electron chi connectivity index (χ2n) is 4.91. The molecule has 0 heterocycles. The topological polar surface area (TPSA) is 81.4 Å². The Morgan fingerprint density at radius 3 is 2.30 bits per heavy atom. The predicted octanol–water partition coefficient (Wildman–Crippen LogP) is 1.63. The average molecular weight is 300 g/mol. The highest BCUT2D eigenvalue weighted by atomic mass is 32.2. The zero-order valence-electron chi connectivity index (χ0n) is 12.3. The SMILES string of the molecule is CCC(NS(=O)(=O)C(C)C)Oc1ccc(CCN)cc1. The van der Waals surface area contributed by atoms with Crippen LogP contribution in [-0.2, 0) is 16.4 Å². The lowest BCUT2D eigenvalue weighted by atomic mass is 10.1. The van der Waals surface area contributed by atoms with E-state index >= 15 is 0 Å². The molecule has 20 heavy (non-hydrogen) atoms. The number of sulfonamides is 1. The van der Waals surface area contributed by atoms with Gasteiger partial charge in [0.15, 0.2) is 6.23 Å². The zero-order valence-corrected chi connectivity index (χ0v) is 13.1. The van der Waals surface area contributed by atoms with Gasteiger partial charge >= 0.3 is 0 Å². The Labute approximate surface area is 121 Å². The van der Waals surface area contributed by atoms with Crippen LogP contribution < -0.4 is 15.2 Å². The minimum Gasteiger partial charge on any atom is -0.474 e. The largest absolute Gasteiger partial charge is 0.474 e. The molecule has 0 bridgehead atoms. The van der Waals surface area contributed by atoms with Crippen molar-refractivity contribution in [3.05, 3.63) is 29.8 Å². The molecule has 1 rings (SSSR count). The molecule has 1 aromatic rings. The minimum atomic E-state index is -3.34. The first-order valence-corrected chi connectivity index (χ1v) is 8.40. The number of rotatable bonds is 8. The van der Waals surface area contributed by atoms with E-state index in [9.17, 15) is 8.42 Å². The van der Waals surface area contributed by atoms with E-state index in [0.29, 0.717) is 18.7 Å². The van der Waals surface area contributed by atoms with Gasteiger partial charge in [0.05, 0.1) is 5.25 Å². The summed E-state index contributed by atoms with van der Waals surface area (Å²) in [4.78, 5) is 0. The van der Waals surface area contributed by atoms with Crippen LogP contribution in [0.4, 0.5) is 0 Å². The number of ether oxygens (including phenoxy) is 1. The monoisotopic (exact) mass is 300 g/mol. The number of nitrogens with one attached hydrogen (secondary N) is 1. The van der Waals surface area contributed by atoms with E-state index in [4.69, 9.17) is 10.5 Å². The molecule has 0 saturated heterocycles. The maximum Gasteiger partial charge on any atom is 0.216 e. The van der Waals surface area contributed by atoms with Gasteiger partial charge in [-0.15, -0.1) is 0 Å². The Morgan fingerprint density at radius 1 is 1.25 bits per heavy atom. The Hall–Kier alpha value is -1.11. The Balaban J connectivity index is 2.69. The van der Waals surface area contributed by atoms with Crippen molar-refractivity contribution in [1.82, 2.24) is 4.72 Å². The molecule has 0 amide bonds. The summed E-state index contributed by atoms with van der Waals surface area (Å²) >= 11 is 0. The van der Waals surface area contributed by atoms with Gasteiger partial charge in [-0.2, -0.15) is 4.72 Å². The second kappa shape index (κ2) is 7.61. The molecule has 3 N–H and O–H groups in total. The molecule has 114 valence electrons. The van der Waals surface area contributed by atoms with E-state index in [1.54, 1.807) is 13.8 Å². The van der Waals surface area contributed by atoms with Gasteiger partial charge < -0.3 is 10.5 Å². The molecular weight excluding hydrogens is 276 g/mol. The van der Waals surface area contributed by atoms with Gasteiger partial charge in [-0.1, -0.05) is 19.1 Å². The van der Waals surface area contributed by atoms with Gasteiger partial charge in [-0.05, 0) is 50.9 Å². The lowest BCUT2D eigenvalue weighted by Crippen LogP contribution is -2.42. The second-order valence-corrected chi connectivity index (χ2v) is 7.18. The van der Waals surface area contributed by atoms with Gasteiger partial charge in [0.25, 0.3) is 0 Å². The van der Waals surface area contributed by atoms with Crippen LogP contribution in [-0.4, -0.2) is 26.4 Å². The first-order chi connectivity index (χ1) is 9.39. The van der Waals surface area contributed by atoms with E-state index in [1.807, 2.05) is 31.2 Å². The van der Waals surface area contributed by atoms with Crippen LogP contribution in [0.2, 0.25) is 0 Å². The molecule has 1 atom stereocenters. The van der Waals surface area contributed by atoms with Gasteiger partial charge in [0.1, 0.15) is 5.75 Å². The third-order valence-electron chi connectivity index (χ3n) is 2.92. The van der Waals surface area contributed by atoms with Gasteiger partial charge in [0.2, 0.25) is 10.0 Å². The first kappa shape index (κ1) is 16.9. The van der Waals surface area contributed by atoms with Crippen LogP contribution in [0.15, 0.2) is 24.3 Å². The smallest absolute Gasteiger partial charge is 0.216 e. The number of benzene rings is 1. The molecule has 0 aliphatic carbocycles. The maximum absolute atomic E-state index is 11.8. The highest BCUT2D eigenvalue weighted by molar-refractivity contribution is 7.90. The molecule has 0 aliphatic heterocycles. The zero-order chi connectivity index (χ0) is 15.2. The Morgan fingerprint density at radius 2 is 1.85 bits per heavy atom. The van der Waals surface area contributed by atoms with Gasteiger partial charge in [-0.3, -0.25) is 0 Å². The van der Waals surface area contributed by atoms with Crippen LogP contribution in [0.1, 0.15) is 32.8 Å².